The number of guanidine groups is 1. The molecule has 0 fully saturated rings. The zero-order chi connectivity index (χ0) is 26.5. The monoisotopic (exact) mass is 511 g/mol. The lowest BCUT2D eigenvalue weighted by atomic mass is 9.94. The van der Waals surface area contributed by atoms with Crippen molar-refractivity contribution in [2.24, 2.45) is 4.99 Å². The van der Waals surface area contributed by atoms with Crippen LogP contribution in [0, 0.1) is 6.92 Å². The number of hydrogen-bond acceptors (Lipinski definition) is 5. The van der Waals surface area contributed by atoms with Gasteiger partial charge in [0.15, 0.2) is 5.82 Å². The van der Waals surface area contributed by atoms with Crippen molar-refractivity contribution in [2.75, 3.05) is 9.80 Å². The lowest BCUT2D eigenvalue weighted by Crippen LogP contribution is -2.42. The molecule has 4 aromatic carbocycles. The molecule has 0 spiro atoms. The largest absolute Gasteiger partial charge is 0.478 e. The summed E-state index contributed by atoms with van der Waals surface area (Å²) < 4.78 is 1.91. The molecule has 5 aromatic rings. The van der Waals surface area contributed by atoms with Crippen LogP contribution < -0.4 is 9.80 Å². The first kappa shape index (κ1) is 23.0. The fourth-order valence-electron chi connectivity index (χ4n) is 5.58. The van der Waals surface area contributed by atoms with Gasteiger partial charge in [0.1, 0.15) is 0 Å². The third-order valence-electron chi connectivity index (χ3n) is 7.37. The van der Waals surface area contributed by atoms with Crippen molar-refractivity contribution < 1.29 is 9.90 Å². The summed E-state index contributed by atoms with van der Waals surface area (Å²) in [5, 5.41) is 14.5. The molecule has 7 heteroatoms. The van der Waals surface area contributed by atoms with E-state index in [1.165, 1.54) is 5.56 Å². The number of fused-ring (bicyclic) bond motifs is 4. The Bertz CT molecular complexity index is 1730. The first-order valence-electron chi connectivity index (χ1n) is 12.9. The number of aromatic nitrogens is 2. The molecule has 1 N–H and O–H groups in total. The molecule has 0 saturated carbocycles. The summed E-state index contributed by atoms with van der Waals surface area (Å²) in [5.74, 6) is 0.654. The number of carboxylic acid groups (broad SMARTS) is 1. The molecule has 2 aliphatic rings. The van der Waals surface area contributed by atoms with Gasteiger partial charge in [0.05, 0.1) is 40.9 Å². The minimum absolute atomic E-state index is 0.241. The first-order chi connectivity index (χ1) is 19.1. The topological polar surface area (TPSA) is 74.0 Å². The molecule has 0 aliphatic carbocycles. The number of aromatic carboxylic acids is 1. The fraction of sp³-hybridized carbons (Fsp3) is 0.0938. The highest BCUT2D eigenvalue weighted by atomic mass is 16.4. The van der Waals surface area contributed by atoms with Crippen LogP contribution in [0.2, 0.25) is 0 Å². The Morgan fingerprint density at radius 2 is 1.46 bits per heavy atom. The molecule has 7 nitrogen and oxygen atoms in total. The van der Waals surface area contributed by atoms with E-state index in [-0.39, 0.29) is 11.6 Å². The number of carboxylic acids is 1. The van der Waals surface area contributed by atoms with Crippen LogP contribution in [0.1, 0.15) is 38.8 Å². The minimum Gasteiger partial charge on any atom is -0.478 e. The molecular weight excluding hydrogens is 486 g/mol. The summed E-state index contributed by atoms with van der Waals surface area (Å²) in [6, 6.07) is 35.7. The third-order valence-corrected chi connectivity index (χ3v) is 7.37. The lowest BCUT2D eigenvalue weighted by Gasteiger charge is -2.35. The molecule has 0 amide bonds. The van der Waals surface area contributed by atoms with Crippen molar-refractivity contribution in [3.8, 4) is 5.69 Å². The Morgan fingerprint density at radius 3 is 2.15 bits per heavy atom. The summed E-state index contributed by atoms with van der Waals surface area (Å²) in [5.41, 5.74) is 7.35. The standard InChI is InChI=1S/C32H25N5O2/c1-21-28-29(23-16-18-24(19-17-23)31(38)39)36-27-15-9-8-14-26(27)35(20-22-10-4-2-5-11-22)32(36)33-30(28)37(34-21)25-12-6-3-7-13-25/h2-19,29H,20H2,1H3,(H,38,39)/t29-/m1/s1. The smallest absolute Gasteiger partial charge is 0.335 e. The number of carbonyl (C=O) groups is 1. The second kappa shape index (κ2) is 8.99. The Kier molecular flexibility index (Phi) is 5.30. The van der Waals surface area contributed by atoms with Gasteiger partial charge in [0.2, 0.25) is 5.96 Å². The van der Waals surface area contributed by atoms with E-state index in [4.69, 9.17) is 10.1 Å². The number of nitrogens with zero attached hydrogens (tertiary/aromatic N) is 5. The first-order valence-corrected chi connectivity index (χ1v) is 12.9. The summed E-state index contributed by atoms with van der Waals surface area (Å²) in [4.78, 5) is 21.4. The van der Waals surface area contributed by atoms with Gasteiger partial charge >= 0.3 is 5.97 Å². The quantitative estimate of drug-likeness (QED) is 0.292. The van der Waals surface area contributed by atoms with Crippen molar-refractivity contribution in [2.45, 2.75) is 19.5 Å². The van der Waals surface area contributed by atoms with Crippen LogP contribution in [0.5, 0.6) is 0 Å². The molecular formula is C32H25N5O2. The van der Waals surface area contributed by atoms with E-state index in [9.17, 15) is 9.90 Å². The van der Waals surface area contributed by atoms with E-state index in [1.807, 2.05) is 66.2 Å². The molecule has 0 unspecified atom stereocenters. The molecule has 0 saturated heterocycles. The normalized spacial score (nSPS) is 15.4. The van der Waals surface area contributed by atoms with E-state index in [1.54, 1.807) is 12.1 Å². The zero-order valence-corrected chi connectivity index (χ0v) is 21.3. The van der Waals surface area contributed by atoms with Crippen molar-refractivity contribution in [3.63, 3.8) is 0 Å². The summed E-state index contributed by atoms with van der Waals surface area (Å²) in [6.07, 6.45) is 0. The Balaban J connectivity index is 1.47. The van der Waals surface area contributed by atoms with Crippen LogP contribution in [-0.2, 0) is 6.54 Å². The number of rotatable bonds is 5. The van der Waals surface area contributed by atoms with Gasteiger partial charge in [-0.05, 0) is 54.4 Å². The predicted molar refractivity (Wildman–Crippen MR) is 152 cm³/mol. The lowest BCUT2D eigenvalue weighted by molar-refractivity contribution is 0.0697. The van der Waals surface area contributed by atoms with Crippen LogP contribution in [0.3, 0.4) is 0 Å². The van der Waals surface area contributed by atoms with Gasteiger partial charge in [-0.1, -0.05) is 72.8 Å². The molecule has 1 atom stereocenters. The second-order valence-electron chi connectivity index (χ2n) is 9.74. The van der Waals surface area contributed by atoms with Gasteiger partial charge in [-0.15, -0.1) is 0 Å². The average molecular weight is 512 g/mol. The van der Waals surface area contributed by atoms with E-state index in [0.717, 1.165) is 45.7 Å². The van der Waals surface area contributed by atoms with Crippen molar-refractivity contribution in [1.82, 2.24) is 9.78 Å². The molecule has 7 rings (SSSR count). The van der Waals surface area contributed by atoms with Gasteiger partial charge in [-0.3, -0.25) is 4.90 Å². The second-order valence-corrected chi connectivity index (χ2v) is 9.74. The number of hydrogen-bond donors (Lipinski definition) is 1. The highest BCUT2D eigenvalue weighted by Crippen LogP contribution is 2.50. The van der Waals surface area contributed by atoms with Gasteiger partial charge in [0, 0.05) is 5.56 Å². The van der Waals surface area contributed by atoms with Gasteiger partial charge < -0.3 is 10.0 Å². The van der Waals surface area contributed by atoms with Crippen LogP contribution in [-0.4, -0.2) is 26.8 Å². The van der Waals surface area contributed by atoms with Gasteiger partial charge in [-0.2, -0.15) is 10.1 Å². The number of aryl methyl sites for hydroxylation is 1. The Labute approximate surface area is 225 Å². The zero-order valence-electron chi connectivity index (χ0n) is 21.3. The van der Waals surface area contributed by atoms with Crippen molar-refractivity contribution in [3.05, 3.63) is 137 Å². The molecule has 39 heavy (non-hydrogen) atoms. The predicted octanol–water partition coefficient (Wildman–Crippen LogP) is 6.50. The van der Waals surface area contributed by atoms with E-state index in [0.29, 0.717) is 6.54 Å². The summed E-state index contributed by atoms with van der Waals surface area (Å²) in [6.45, 7) is 2.67. The van der Waals surface area contributed by atoms with Crippen molar-refractivity contribution in [1.29, 1.82) is 0 Å². The molecule has 0 radical (unpaired) electrons. The van der Waals surface area contributed by atoms with E-state index >= 15 is 0 Å². The number of aliphatic imine (C=N–C) groups is 1. The van der Waals surface area contributed by atoms with E-state index in [2.05, 4.69) is 52.3 Å². The number of para-hydroxylation sites is 3. The average Bonchev–Trinajstić information content (AvgIpc) is 3.47. The van der Waals surface area contributed by atoms with Crippen LogP contribution in [0.4, 0.5) is 17.2 Å². The maximum absolute atomic E-state index is 11.6. The third kappa shape index (κ3) is 3.70. The number of benzene rings is 4. The molecule has 3 heterocycles. The minimum atomic E-state index is -0.943. The van der Waals surface area contributed by atoms with Crippen LogP contribution >= 0.6 is 0 Å². The Hall–Kier alpha value is -5.17. The number of anilines is 2. The molecule has 2 aliphatic heterocycles. The van der Waals surface area contributed by atoms with Crippen molar-refractivity contribution >= 4 is 29.1 Å². The fourth-order valence-corrected chi connectivity index (χ4v) is 5.58. The van der Waals surface area contributed by atoms with Gasteiger partial charge in [-0.25, -0.2) is 9.48 Å². The summed E-state index contributed by atoms with van der Waals surface area (Å²) >= 11 is 0. The van der Waals surface area contributed by atoms with E-state index < -0.39 is 5.97 Å². The van der Waals surface area contributed by atoms with Crippen LogP contribution in [0.15, 0.2) is 114 Å². The van der Waals surface area contributed by atoms with Crippen LogP contribution in [0.25, 0.3) is 5.69 Å². The SMILES string of the molecule is Cc1nn(-c2ccccc2)c2c1[C@@H](c1ccc(C(=O)O)cc1)N1C(=N2)N(Cc2ccccc2)c2ccccc21. The maximum atomic E-state index is 11.6. The molecule has 0 bridgehead atoms. The maximum Gasteiger partial charge on any atom is 0.335 e. The summed E-state index contributed by atoms with van der Waals surface area (Å²) in [7, 11) is 0. The Morgan fingerprint density at radius 1 is 0.821 bits per heavy atom. The molecule has 190 valence electrons. The molecule has 1 aromatic heterocycles. The highest BCUT2D eigenvalue weighted by Gasteiger charge is 2.44. The highest BCUT2D eigenvalue weighted by molar-refractivity contribution is 6.18. The van der Waals surface area contributed by atoms with Gasteiger partial charge in [0.25, 0.3) is 0 Å².